The maximum atomic E-state index is 13.3. The number of anilines is 1. The molecule has 1 aromatic carbocycles. The van der Waals surface area contributed by atoms with Crippen LogP contribution in [0.25, 0.3) is 0 Å². The van der Waals surface area contributed by atoms with Gasteiger partial charge in [0.1, 0.15) is 5.82 Å². The lowest BCUT2D eigenvalue weighted by molar-refractivity contribution is 0.616. The Morgan fingerprint density at radius 2 is 2.29 bits per heavy atom. The molecular weight excluding hydrogens is 215 g/mol. The predicted molar refractivity (Wildman–Crippen MR) is 69.7 cm³/mol. The minimum absolute atomic E-state index is 0.126. The third-order valence-corrected chi connectivity index (χ3v) is 3.64. The van der Waals surface area contributed by atoms with Crippen molar-refractivity contribution in [3.63, 3.8) is 0 Å². The van der Waals surface area contributed by atoms with Crippen molar-refractivity contribution in [3.05, 3.63) is 29.6 Å². The zero-order valence-corrected chi connectivity index (χ0v) is 10.6. The Hall–Kier alpha value is -1.09. The van der Waals surface area contributed by atoms with E-state index in [-0.39, 0.29) is 11.9 Å². The van der Waals surface area contributed by atoms with Gasteiger partial charge in [-0.15, -0.1) is 0 Å². The molecule has 2 N–H and O–H groups in total. The quantitative estimate of drug-likeness (QED) is 0.873. The molecule has 2 rings (SSSR count). The Morgan fingerprint density at radius 3 is 2.94 bits per heavy atom. The molecule has 0 bridgehead atoms. The average molecular weight is 236 g/mol. The summed E-state index contributed by atoms with van der Waals surface area (Å²) in [5, 5.41) is 0. The molecule has 0 aliphatic carbocycles. The summed E-state index contributed by atoms with van der Waals surface area (Å²) < 4.78 is 13.3. The van der Waals surface area contributed by atoms with E-state index in [0.29, 0.717) is 6.04 Å². The lowest BCUT2D eigenvalue weighted by Crippen LogP contribution is -2.30. The van der Waals surface area contributed by atoms with Crippen LogP contribution in [-0.2, 0) is 0 Å². The molecule has 1 fully saturated rings. The Bertz CT molecular complexity index is 390. The van der Waals surface area contributed by atoms with E-state index in [9.17, 15) is 4.39 Å². The summed E-state index contributed by atoms with van der Waals surface area (Å²) >= 11 is 0. The highest BCUT2D eigenvalue weighted by molar-refractivity contribution is 5.56. The minimum Gasteiger partial charge on any atom is -0.368 e. The van der Waals surface area contributed by atoms with Crippen molar-refractivity contribution in [2.75, 3.05) is 11.4 Å². The maximum Gasteiger partial charge on any atom is 0.123 e. The summed E-state index contributed by atoms with van der Waals surface area (Å²) in [5.74, 6) is -0.201. The summed E-state index contributed by atoms with van der Waals surface area (Å²) in [4.78, 5) is 2.39. The number of hydrogen-bond donors (Lipinski definition) is 1. The van der Waals surface area contributed by atoms with E-state index in [0.717, 1.165) is 24.2 Å². The monoisotopic (exact) mass is 236 g/mol. The number of nitrogens with two attached hydrogens (primary N) is 1. The first-order valence-corrected chi connectivity index (χ1v) is 6.45. The van der Waals surface area contributed by atoms with Crippen LogP contribution in [0.2, 0.25) is 0 Å². The molecule has 1 aromatic rings. The van der Waals surface area contributed by atoms with Crippen molar-refractivity contribution < 1.29 is 4.39 Å². The average Bonchev–Trinajstić information content (AvgIpc) is 2.76. The van der Waals surface area contributed by atoms with Gasteiger partial charge >= 0.3 is 0 Å². The molecular formula is C14H21FN2. The third-order valence-electron chi connectivity index (χ3n) is 3.64. The fourth-order valence-electron chi connectivity index (χ4n) is 2.73. The highest BCUT2D eigenvalue weighted by Crippen LogP contribution is 2.32. The van der Waals surface area contributed by atoms with Crippen LogP contribution in [0.15, 0.2) is 18.2 Å². The SMILES string of the molecule is CCC1CCCN1c1ccc(F)cc1[C@H](C)N. The van der Waals surface area contributed by atoms with Crippen LogP contribution in [0.1, 0.15) is 44.7 Å². The summed E-state index contributed by atoms with van der Waals surface area (Å²) in [7, 11) is 0. The van der Waals surface area contributed by atoms with E-state index >= 15 is 0 Å². The fraction of sp³-hybridized carbons (Fsp3) is 0.571. The molecule has 1 saturated heterocycles. The highest BCUT2D eigenvalue weighted by atomic mass is 19.1. The van der Waals surface area contributed by atoms with Gasteiger partial charge in [0.15, 0.2) is 0 Å². The molecule has 1 heterocycles. The van der Waals surface area contributed by atoms with Gasteiger partial charge in [-0.05, 0) is 49.9 Å². The highest BCUT2D eigenvalue weighted by Gasteiger charge is 2.25. The van der Waals surface area contributed by atoms with Gasteiger partial charge in [-0.3, -0.25) is 0 Å². The second kappa shape index (κ2) is 5.05. The number of halogens is 1. The van der Waals surface area contributed by atoms with Crippen LogP contribution < -0.4 is 10.6 Å². The molecule has 0 saturated carbocycles. The molecule has 2 nitrogen and oxygen atoms in total. The molecule has 1 unspecified atom stereocenters. The van der Waals surface area contributed by atoms with Gasteiger partial charge in [-0.1, -0.05) is 6.92 Å². The minimum atomic E-state index is -0.201. The Kier molecular flexibility index (Phi) is 3.67. The van der Waals surface area contributed by atoms with E-state index in [1.54, 1.807) is 6.07 Å². The fourth-order valence-corrected chi connectivity index (χ4v) is 2.73. The van der Waals surface area contributed by atoms with E-state index in [2.05, 4.69) is 11.8 Å². The number of hydrogen-bond acceptors (Lipinski definition) is 2. The molecule has 0 aromatic heterocycles. The maximum absolute atomic E-state index is 13.3. The molecule has 1 aliphatic heterocycles. The second-order valence-electron chi connectivity index (χ2n) is 4.89. The van der Waals surface area contributed by atoms with Crippen LogP contribution in [0.5, 0.6) is 0 Å². The van der Waals surface area contributed by atoms with Crippen LogP contribution in [-0.4, -0.2) is 12.6 Å². The van der Waals surface area contributed by atoms with E-state index in [4.69, 9.17) is 5.73 Å². The summed E-state index contributed by atoms with van der Waals surface area (Å²) in [6.07, 6.45) is 3.58. The van der Waals surface area contributed by atoms with E-state index in [1.807, 2.05) is 13.0 Å². The van der Waals surface area contributed by atoms with Crippen molar-refractivity contribution in [2.24, 2.45) is 5.73 Å². The number of nitrogens with zero attached hydrogens (tertiary/aromatic N) is 1. The first-order valence-electron chi connectivity index (χ1n) is 6.45. The lowest BCUT2D eigenvalue weighted by atomic mass is 10.0. The van der Waals surface area contributed by atoms with Crippen molar-refractivity contribution >= 4 is 5.69 Å². The first-order chi connectivity index (χ1) is 8.13. The van der Waals surface area contributed by atoms with Crippen molar-refractivity contribution in [1.29, 1.82) is 0 Å². The van der Waals surface area contributed by atoms with Crippen LogP contribution in [0, 0.1) is 5.82 Å². The molecule has 2 atom stereocenters. The van der Waals surface area contributed by atoms with E-state index in [1.165, 1.54) is 18.9 Å². The first kappa shape index (κ1) is 12.4. The smallest absolute Gasteiger partial charge is 0.123 e. The summed E-state index contributed by atoms with van der Waals surface area (Å²) in [6, 6.07) is 5.44. The van der Waals surface area contributed by atoms with Gasteiger partial charge in [-0.2, -0.15) is 0 Å². The lowest BCUT2D eigenvalue weighted by Gasteiger charge is -2.29. The standard InChI is InChI=1S/C14H21FN2/c1-3-12-5-4-8-17(12)14-7-6-11(15)9-13(14)10(2)16/h6-7,9-10,12H,3-5,8,16H2,1-2H3/t10-,12?/m0/s1. The van der Waals surface area contributed by atoms with E-state index < -0.39 is 0 Å². The van der Waals surface area contributed by atoms with Gasteiger partial charge in [0.2, 0.25) is 0 Å². The molecule has 0 radical (unpaired) electrons. The van der Waals surface area contributed by atoms with Gasteiger partial charge in [0.05, 0.1) is 0 Å². The van der Waals surface area contributed by atoms with Gasteiger partial charge in [-0.25, -0.2) is 4.39 Å². The van der Waals surface area contributed by atoms with Crippen LogP contribution >= 0.6 is 0 Å². The normalized spacial score (nSPS) is 21.9. The third kappa shape index (κ3) is 2.44. The Labute approximate surface area is 103 Å². The molecule has 0 amide bonds. The topological polar surface area (TPSA) is 29.3 Å². The van der Waals surface area contributed by atoms with Crippen LogP contribution in [0.3, 0.4) is 0 Å². The zero-order chi connectivity index (χ0) is 12.4. The molecule has 17 heavy (non-hydrogen) atoms. The van der Waals surface area contributed by atoms with Gasteiger partial charge in [0, 0.05) is 24.3 Å². The molecule has 3 heteroatoms. The van der Waals surface area contributed by atoms with Crippen molar-refractivity contribution in [1.82, 2.24) is 0 Å². The van der Waals surface area contributed by atoms with Crippen molar-refractivity contribution in [2.45, 2.75) is 45.2 Å². The number of benzene rings is 1. The summed E-state index contributed by atoms with van der Waals surface area (Å²) in [5.41, 5.74) is 7.98. The molecule has 1 aliphatic rings. The van der Waals surface area contributed by atoms with Gasteiger partial charge in [0.25, 0.3) is 0 Å². The molecule has 94 valence electrons. The second-order valence-corrected chi connectivity index (χ2v) is 4.89. The number of rotatable bonds is 3. The predicted octanol–water partition coefficient (Wildman–Crippen LogP) is 3.22. The Morgan fingerprint density at radius 1 is 1.53 bits per heavy atom. The van der Waals surface area contributed by atoms with Gasteiger partial charge < -0.3 is 10.6 Å². The van der Waals surface area contributed by atoms with Crippen molar-refractivity contribution in [3.8, 4) is 0 Å². The summed E-state index contributed by atoms with van der Waals surface area (Å²) in [6.45, 7) is 5.18. The zero-order valence-electron chi connectivity index (χ0n) is 10.6. The largest absolute Gasteiger partial charge is 0.368 e. The Balaban J connectivity index is 2.37. The molecule has 0 spiro atoms. The van der Waals surface area contributed by atoms with Crippen LogP contribution in [0.4, 0.5) is 10.1 Å².